The van der Waals surface area contributed by atoms with E-state index in [0.717, 1.165) is 40.9 Å². The number of imide groups is 2. The topological polar surface area (TPSA) is 136 Å². The Morgan fingerprint density at radius 1 is 0.717 bits per heavy atom. The van der Waals surface area contributed by atoms with Gasteiger partial charge in [-0.05, 0) is 75.4 Å². The summed E-state index contributed by atoms with van der Waals surface area (Å²) in [5, 5.41) is 11.9. The van der Waals surface area contributed by atoms with Gasteiger partial charge in [-0.15, -0.1) is 0 Å². The van der Waals surface area contributed by atoms with E-state index < -0.39 is 5.97 Å². The largest absolute Gasteiger partial charge is 0.481 e. The van der Waals surface area contributed by atoms with Crippen LogP contribution in [0.2, 0.25) is 0 Å². The summed E-state index contributed by atoms with van der Waals surface area (Å²) in [6.07, 6.45) is 6.08. The number of carboxylic acids is 1. The van der Waals surface area contributed by atoms with Gasteiger partial charge in [0.05, 0.1) is 18.4 Å². The van der Waals surface area contributed by atoms with Crippen molar-refractivity contribution in [3.8, 4) is 5.69 Å². The van der Waals surface area contributed by atoms with Gasteiger partial charge in [0.15, 0.2) is 0 Å². The van der Waals surface area contributed by atoms with Gasteiger partial charge < -0.3 is 19.5 Å². The number of hydrogen-bond donors (Lipinski definition) is 1. The van der Waals surface area contributed by atoms with Crippen LogP contribution < -0.4 is 0 Å². The maximum atomic E-state index is 13.6. The third-order valence-corrected chi connectivity index (χ3v) is 12.2. The third kappa shape index (κ3) is 7.19. The molecule has 0 radical (unpaired) electrons. The summed E-state index contributed by atoms with van der Waals surface area (Å²) in [5.74, 6) is -1.63. The molecular formula is C39H38N6O6S2. The van der Waals surface area contributed by atoms with Gasteiger partial charge in [0.25, 0.3) is 23.6 Å². The van der Waals surface area contributed by atoms with Gasteiger partial charge in [0.1, 0.15) is 0 Å². The average Bonchev–Trinajstić information content (AvgIpc) is 3.69. The fourth-order valence-corrected chi connectivity index (χ4v) is 9.13. The Kier molecular flexibility index (Phi) is 10.6. The Labute approximate surface area is 314 Å². The first kappa shape index (κ1) is 36.3. The number of amides is 4. The first-order chi connectivity index (χ1) is 25.6. The average molecular weight is 751 g/mol. The molecule has 2 aliphatic heterocycles. The van der Waals surface area contributed by atoms with E-state index in [-0.39, 0.29) is 43.1 Å². The van der Waals surface area contributed by atoms with Crippen molar-refractivity contribution in [2.24, 2.45) is 0 Å². The number of aliphatic carboxylic acids is 1. The molecule has 4 aromatic carbocycles. The molecule has 3 heterocycles. The highest BCUT2D eigenvalue weighted by molar-refractivity contribution is 8.76. The lowest BCUT2D eigenvalue weighted by Gasteiger charge is -2.30. The number of aromatic nitrogens is 2. The molecule has 2 aliphatic rings. The molecular weight excluding hydrogens is 713 g/mol. The van der Waals surface area contributed by atoms with Crippen molar-refractivity contribution in [2.45, 2.75) is 17.7 Å². The van der Waals surface area contributed by atoms with E-state index in [0.29, 0.717) is 51.9 Å². The van der Waals surface area contributed by atoms with E-state index >= 15 is 0 Å². The van der Waals surface area contributed by atoms with Crippen molar-refractivity contribution < 1.29 is 29.1 Å². The molecule has 0 saturated carbocycles. The molecule has 12 nitrogen and oxygen atoms in total. The van der Waals surface area contributed by atoms with Crippen molar-refractivity contribution >= 4 is 72.7 Å². The highest BCUT2D eigenvalue weighted by atomic mass is 33.1. The van der Waals surface area contributed by atoms with Crippen LogP contribution in [-0.2, 0) is 4.79 Å². The smallest absolute Gasteiger partial charge is 0.304 e. The highest BCUT2D eigenvalue weighted by Crippen LogP contribution is 2.40. The summed E-state index contributed by atoms with van der Waals surface area (Å²) in [5.41, 5.74) is 2.87. The van der Waals surface area contributed by atoms with E-state index in [1.165, 1.54) is 31.4 Å². The van der Waals surface area contributed by atoms with Crippen molar-refractivity contribution in [1.29, 1.82) is 0 Å². The van der Waals surface area contributed by atoms with Crippen LogP contribution in [0.5, 0.6) is 0 Å². The Bertz CT molecular complexity index is 2220. The number of carbonyl (C=O) groups excluding carboxylic acids is 4. The number of carbonyl (C=O) groups is 5. The molecule has 7 rings (SSSR count). The summed E-state index contributed by atoms with van der Waals surface area (Å²) < 4.78 is 1.87. The highest BCUT2D eigenvalue weighted by Gasteiger charge is 2.35. The van der Waals surface area contributed by atoms with Crippen LogP contribution in [0.4, 0.5) is 0 Å². The van der Waals surface area contributed by atoms with Crippen LogP contribution >= 0.6 is 21.6 Å². The number of imidazole rings is 1. The van der Waals surface area contributed by atoms with Crippen LogP contribution in [0.1, 0.15) is 54.3 Å². The minimum atomic E-state index is -0.850. The normalized spacial score (nSPS) is 14.1. The summed E-state index contributed by atoms with van der Waals surface area (Å²) in [4.78, 5) is 77.0. The minimum absolute atomic E-state index is 0.0579. The standard InChI is InChI=1S/C39H38N6O6S2/c1-41(19-21-44-36(48)27-8-3-6-25-31(43-18-15-40-24-43)12-10-29(34(25)27)38(44)50)16-5-17-42(2)20-22-45-37(49)28-9-4-7-26-32(53-52-23-14-33(46)47)13-11-30(35(26)28)39(45)51/h3-4,6-13,15,18,24H,5,14,16-17,19-23H2,1-2H3,(H,46,47). The molecule has 0 spiro atoms. The monoisotopic (exact) mass is 750 g/mol. The molecule has 0 atom stereocenters. The van der Waals surface area contributed by atoms with Gasteiger partial charge in [0.2, 0.25) is 0 Å². The van der Waals surface area contributed by atoms with Gasteiger partial charge >= 0.3 is 5.97 Å². The van der Waals surface area contributed by atoms with Crippen LogP contribution in [0.3, 0.4) is 0 Å². The van der Waals surface area contributed by atoms with Crippen molar-refractivity contribution in [3.63, 3.8) is 0 Å². The van der Waals surface area contributed by atoms with E-state index in [1.807, 2.05) is 61.3 Å². The van der Waals surface area contributed by atoms with Gasteiger partial charge in [-0.25, -0.2) is 4.98 Å². The lowest BCUT2D eigenvalue weighted by molar-refractivity contribution is -0.136. The zero-order valence-corrected chi connectivity index (χ0v) is 31.0. The summed E-state index contributed by atoms with van der Waals surface area (Å²) >= 11 is 0. The molecule has 0 saturated heterocycles. The number of carboxylic acid groups (broad SMARTS) is 1. The Morgan fingerprint density at radius 2 is 1.26 bits per heavy atom. The molecule has 272 valence electrons. The summed E-state index contributed by atoms with van der Waals surface area (Å²) in [6.45, 7) is 2.99. The number of rotatable bonds is 16. The molecule has 53 heavy (non-hydrogen) atoms. The Balaban J connectivity index is 0.903. The van der Waals surface area contributed by atoms with Crippen molar-refractivity contribution in [3.05, 3.63) is 102 Å². The molecule has 1 N–H and O–H groups in total. The van der Waals surface area contributed by atoms with E-state index in [2.05, 4.69) is 14.8 Å². The van der Waals surface area contributed by atoms with Gasteiger partial charge in [-0.2, -0.15) is 0 Å². The minimum Gasteiger partial charge on any atom is -0.481 e. The number of benzene rings is 4. The summed E-state index contributed by atoms with van der Waals surface area (Å²) in [7, 11) is 6.80. The predicted molar refractivity (Wildman–Crippen MR) is 206 cm³/mol. The first-order valence-corrected chi connectivity index (χ1v) is 19.7. The second kappa shape index (κ2) is 15.5. The lowest BCUT2D eigenvalue weighted by Crippen LogP contribution is -2.45. The zero-order chi connectivity index (χ0) is 37.2. The molecule has 4 amide bonds. The fraction of sp³-hybridized carbons (Fsp3) is 0.282. The third-order valence-electron chi connectivity index (χ3n) is 9.74. The number of hydrogen-bond acceptors (Lipinski definition) is 10. The molecule has 0 unspecified atom stereocenters. The molecule has 1 aromatic heterocycles. The molecule has 0 aliphatic carbocycles. The van der Waals surface area contributed by atoms with Crippen LogP contribution in [0.25, 0.3) is 27.2 Å². The lowest BCUT2D eigenvalue weighted by atomic mass is 9.93. The van der Waals surface area contributed by atoms with Crippen LogP contribution in [0.15, 0.2) is 84.3 Å². The van der Waals surface area contributed by atoms with Crippen molar-refractivity contribution in [2.75, 3.05) is 59.1 Å². The quantitative estimate of drug-likeness (QED) is 0.0774. The maximum Gasteiger partial charge on any atom is 0.304 e. The SMILES string of the molecule is CN(CCCN(C)CCN1C(=O)c2cccc3c(-n4ccnc4)ccc(c23)C1=O)CCN1C(=O)c2cccc3c(SSCCC(=O)O)ccc(c23)C1=O. The number of likely N-dealkylation sites (N-methyl/N-ethyl adjacent to an activating group) is 2. The zero-order valence-electron chi connectivity index (χ0n) is 29.4. The predicted octanol–water partition coefficient (Wildman–Crippen LogP) is 5.54. The Hall–Kier alpha value is -5.02. The van der Waals surface area contributed by atoms with Crippen molar-refractivity contribution in [1.82, 2.24) is 29.2 Å². The second-order valence-corrected chi connectivity index (χ2v) is 15.7. The maximum absolute atomic E-state index is 13.6. The fourth-order valence-electron chi connectivity index (χ4n) is 6.97. The van der Waals surface area contributed by atoms with Gasteiger partial charge in [-0.3, -0.25) is 33.8 Å². The molecule has 5 aromatic rings. The Morgan fingerprint density at radius 3 is 1.83 bits per heavy atom. The summed E-state index contributed by atoms with van der Waals surface area (Å²) in [6, 6.07) is 18.3. The molecule has 14 heteroatoms. The van der Waals surface area contributed by atoms with Crippen LogP contribution in [-0.4, -0.2) is 123 Å². The molecule has 0 fully saturated rings. The second-order valence-electron chi connectivity index (χ2n) is 13.2. The van der Waals surface area contributed by atoms with E-state index in [1.54, 1.807) is 36.8 Å². The first-order valence-electron chi connectivity index (χ1n) is 17.3. The van der Waals surface area contributed by atoms with Gasteiger partial charge in [-0.1, -0.05) is 45.9 Å². The van der Waals surface area contributed by atoms with E-state index in [4.69, 9.17) is 5.11 Å². The van der Waals surface area contributed by atoms with E-state index in [9.17, 15) is 24.0 Å². The number of nitrogens with zero attached hydrogens (tertiary/aromatic N) is 6. The molecule has 0 bridgehead atoms. The van der Waals surface area contributed by atoms with Crippen LogP contribution in [0, 0.1) is 0 Å². The van der Waals surface area contributed by atoms with Gasteiger partial charge in [0, 0.05) is 87.6 Å².